The summed E-state index contributed by atoms with van der Waals surface area (Å²) in [6, 6.07) is 7.90. The van der Waals surface area contributed by atoms with Crippen molar-refractivity contribution in [2.24, 2.45) is 0 Å². The Morgan fingerprint density at radius 2 is 2.14 bits per heavy atom. The molecule has 4 heteroatoms. The summed E-state index contributed by atoms with van der Waals surface area (Å²) in [5.41, 5.74) is 1.13. The standard InChI is InChI=1S/C10H11BrO2S/c11-10-3-1-2-8(6-10)9-4-5-14(12,13)7-9/h1-3,6,9H,4-5,7H2. The number of hydrogen-bond acceptors (Lipinski definition) is 2. The van der Waals surface area contributed by atoms with Gasteiger partial charge < -0.3 is 0 Å². The van der Waals surface area contributed by atoms with Crippen molar-refractivity contribution in [3.8, 4) is 0 Å². The molecule has 0 bridgehead atoms. The number of benzene rings is 1. The van der Waals surface area contributed by atoms with Crippen LogP contribution in [0.3, 0.4) is 0 Å². The largest absolute Gasteiger partial charge is 0.229 e. The third-order valence-corrected chi connectivity index (χ3v) is 4.81. The third-order valence-electron chi connectivity index (χ3n) is 2.55. The summed E-state index contributed by atoms with van der Waals surface area (Å²) in [4.78, 5) is 0. The summed E-state index contributed by atoms with van der Waals surface area (Å²) in [7, 11) is -2.77. The van der Waals surface area contributed by atoms with Crippen LogP contribution in [0.2, 0.25) is 0 Å². The summed E-state index contributed by atoms with van der Waals surface area (Å²) >= 11 is 3.39. The SMILES string of the molecule is O=S1(=O)CCC(c2cccc(Br)c2)C1. The average Bonchev–Trinajstić information content (AvgIpc) is 2.46. The maximum atomic E-state index is 11.3. The second kappa shape index (κ2) is 3.66. The van der Waals surface area contributed by atoms with Crippen LogP contribution in [0.1, 0.15) is 17.9 Å². The van der Waals surface area contributed by atoms with Gasteiger partial charge in [-0.05, 0) is 30.0 Å². The first-order valence-electron chi connectivity index (χ1n) is 4.53. The Balaban J connectivity index is 2.26. The van der Waals surface area contributed by atoms with Crippen molar-refractivity contribution in [1.82, 2.24) is 0 Å². The molecule has 0 N–H and O–H groups in total. The first-order valence-corrected chi connectivity index (χ1v) is 7.14. The Morgan fingerprint density at radius 3 is 2.71 bits per heavy atom. The first kappa shape index (κ1) is 10.2. The normalized spacial score (nSPS) is 25.1. The molecule has 2 nitrogen and oxygen atoms in total. The highest BCUT2D eigenvalue weighted by Gasteiger charge is 2.28. The second-order valence-electron chi connectivity index (χ2n) is 3.65. The molecule has 1 heterocycles. The van der Waals surface area contributed by atoms with Gasteiger partial charge in [-0.2, -0.15) is 0 Å². The lowest BCUT2D eigenvalue weighted by atomic mass is 9.99. The summed E-state index contributed by atoms with van der Waals surface area (Å²) < 4.78 is 23.6. The predicted octanol–water partition coefficient (Wildman–Crippen LogP) is 2.35. The molecular formula is C10H11BrO2S. The van der Waals surface area contributed by atoms with Gasteiger partial charge in [-0.15, -0.1) is 0 Å². The number of rotatable bonds is 1. The van der Waals surface area contributed by atoms with Crippen LogP contribution >= 0.6 is 15.9 Å². The Labute approximate surface area is 92.4 Å². The maximum Gasteiger partial charge on any atom is 0.150 e. The zero-order chi connectivity index (χ0) is 10.2. The summed E-state index contributed by atoms with van der Waals surface area (Å²) in [6.45, 7) is 0. The van der Waals surface area contributed by atoms with Gasteiger partial charge in [0.2, 0.25) is 0 Å². The quantitative estimate of drug-likeness (QED) is 0.788. The van der Waals surface area contributed by atoms with Gasteiger partial charge in [-0.25, -0.2) is 8.42 Å². The number of hydrogen-bond donors (Lipinski definition) is 0. The van der Waals surface area contributed by atoms with Crippen molar-refractivity contribution >= 4 is 25.8 Å². The van der Waals surface area contributed by atoms with Gasteiger partial charge in [0.15, 0.2) is 9.84 Å². The zero-order valence-corrected chi connectivity index (χ0v) is 10.0. The predicted molar refractivity (Wildman–Crippen MR) is 60.2 cm³/mol. The summed E-state index contributed by atoms with van der Waals surface area (Å²) in [5.74, 6) is 0.839. The molecule has 1 aromatic carbocycles. The monoisotopic (exact) mass is 274 g/mol. The molecule has 0 spiro atoms. The first-order chi connectivity index (χ1) is 6.57. The van der Waals surface area contributed by atoms with E-state index in [1.54, 1.807) is 0 Å². The fourth-order valence-corrected chi connectivity index (χ4v) is 4.02. The number of sulfone groups is 1. The van der Waals surface area contributed by atoms with E-state index in [0.29, 0.717) is 11.5 Å². The minimum atomic E-state index is -2.77. The third kappa shape index (κ3) is 2.17. The van der Waals surface area contributed by atoms with Gasteiger partial charge in [-0.1, -0.05) is 28.1 Å². The van der Waals surface area contributed by atoms with E-state index in [2.05, 4.69) is 15.9 Å². The van der Waals surface area contributed by atoms with E-state index >= 15 is 0 Å². The summed E-state index contributed by atoms with van der Waals surface area (Å²) in [6.07, 6.45) is 0.763. The molecule has 1 atom stereocenters. The molecule has 2 rings (SSSR count). The average molecular weight is 275 g/mol. The van der Waals surface area contributed by atoms with Crippen LogP contribution < -0.4 is 0 Å². The molecule has 1 aromatic rings. The molecule has 14 heavy (non-hydrogen) atoms. The Bertz CT molecular complexity index is 439. The highest BCUT2D eigenvalue weighted by molar-refractivity contribution is 9.10. The lowest BCUT2D eigenvalue weighted by Gasteiger charge is -2.07. The van der Waals surface area contributed by atoms with E-state index in [-0.39, 0.29) is 5.92 Å². The van der Waals surface area contributed by atoms with E-state index in [1.165, 1.54) is 0 Å². The van der Waals surface area contributed by atoms with Crippen molar-refractivity contribution in [2.45, 2.75) is 12.3 Å². The Kier molecular flexibility index (Phi) is 2.66. The lowest BCUT2D eigenvalue weighted by Crippen LogP contribution is -2.03. The minimum Gasteiger partial charge on any atom is -0.229 e. The van der Waals surface area contributed by atoms with Gasteiger partial charge in [0.05, 0.1) is 11.5 Å². The topological polar surface area (TPSA) is 34.1 Å². The molecule has 1 aliphatic rings. The van der Waals surface area contributed by atoms with Crippen LogP contribution in [0.25, 0.3) is 0 Å². The van der Waals surface area contributed by atoms with Gasteiger partial charge in [-0.3, -0.25) is 0 Å². The Hall–Kier alpha value is -0.350. The lowest BCUT2D eigenvalue weighted by molar-refractivity contribution is 0.601. The molecule has 1 unspecified atom stereocenters. The van der Waals surface area contributed by atoms with Crippen LogP contribution in [0, 0.1) is 0 Å². The minimum absolute atomic E-state index is 0.192. The van der Waals surface area contributed by atoms with Crippen LogP contribution in [-0.2, 0) is 9.84 Å². The van der Waals surface area contributed by atoms with Crippen LogP contribution in [0.15, 0.2) is 28.7 Å². The molecule has 0 radical (unpaired) electrons. The molecule has 0 amide bonds. The van der Waals surface area contributed by atoms with Crippen molar-refractivity contribution in [3.63, 3.8) is 0 Å². The Morgan fingerprint density at radius 1 is 1.36 bits per heavy atom. The van der Waals surface area contributed by atoms with E-state index < -0.39 is 9.84 Å². The van der Waals surface area contributed by atoms with Crippen molar-refractivity contribution < 1.29 is 8.42 Å². The maximum absolute atomic E-state index is 11.3. The molecule has 1 saturated heterocycles. The van der Waals surface area contributed by atoms with Crippen LogP contribution in [0.5, 0.6) is 0 Å². The zero-order valence-electron chi connectivity index (χ0n) is 7.61. The van der Waals surface area contributed by atoms with E-state index in [9.17, 15) is 8.42 Å². The molecule has 1 aliphatic heterocycles. The fourth-order valence-electron chi connectivity index (χ4n) is 1.82. The smallest absolute Gasteiger partial charge is 0.150 e. The molecule has 1 fully saturated rings. The molecule has 0 aliphatic carbocycles. The summed E-state index contributed by atoms with van der Waals surface area (Å²) in [5, 5.41) is 0. The van der Waals surface area contributed by atoms with E-state index in [1.807, 2.05) is 24.3 Å². The molecular weight excluding hydrogens is 264 g/mol. The molecule has 0 aromatic heterocycles. The van der Waals surface area contributed by atoms with Gasteiger partial charge in [0, 0.05) is 4.47 Å². The van der Waals surface area contributed by atoms with Crippen LogP contribution in [-0.4, -0.2) is 19.9 Å². The van der Waals surface area contributed by atoms with Gasteiger partial charge in [0.1, 0.15) is 0 Å². The fraction of sp³-hybridized carbons (Fsp3) is 0.400. The highest BCUT2D eigenvalue weighted by Crippen LogP contribution is 2.29. The van der Waals surface area contributed by atoms with E-state index in [0.717, 1.165) is 16.5 Å². The van der Waals surface area contributed by atoms with Crippen molar-refractivity contribution in [1.29, 1.82) is 0 Å². The number of halogens is 1. The van der Waals surface area contributed by atoms with Crippen LogP contribution in [0.4, 0.5) is 0 Å². The molecule has 0 saturated carbocycles. The van der Waals surface area contributed by atoms with Crippen molar-refractivity contribution in [2.75, 3.05) is 11.5 Å². The second-order valence-corrected chi connectivity index (χ2v) is 6.80. The highest BCUT2D eigenvalue weighted by atomic mass is 79.9. The van der Waals surface area contributed by atoms with Crippen molar-refractivity contribution in [3.05, 3.63) is 34.3 Å². The molecule has 76 valence electrons. The van der Waals surface area contributed by atoms with Gasteiger partial charge in [0.25, 0.3) is 0 Å². The van der Waals surface area contributed by atoms with E-state index in [4.69, 9.17) is 0 Å². The van der Waals surface area contributed by atoms with Gasteiger partial charge >= 0.3 is 0 Å².